The number of ketones is 1. The number of methoxy groups -OCH3 is 2. The lowest BCUT2D eigenvalue weighted by Gasteiger charge is -2.10. The molecule has 160 valence electrons. The van der Waals surface area contributed by atoms with Gasteiger partial charge in [-0.25, -0.2) is 4.79 Å². The number of Topliss-reactive ketones (excluding diaryl/α,β-unsaturated/α-hetero) is 1. The number of aromatic nitrogens is 1. The lowest BCUT2D eigenvalue weighted by Crippen LogP contribution is -2.13. The predicted octanol–water partition coefficient (Wildman–Crippen LogP) is 4.15. The normalized spacial score (nSPS) is 13.9. The van der Waals surface area contributed by atoms with Crippen LogP contribution in [-0.4, -0.2) is 37.1 Å². The summed E-state index contributed by atoms with van der Waals surface area (Å²) in [6.45, 7) is 4.43. The summed E-state index contributed by atoms with van der Waals surface area (Å²) in [6.07, 6.45) is 3.75. The Bertz CT molecular complexity index is 1220. The lowest BCUT2D eigenvalue weighted by atomic mass is 10.1. The molecule has 0 aliphatic carbocycles. The molecule has 1 aliphatic heterocycles. The molecule has 0 radical (unpaired) electrons. The Morgan fingerprint density at radius 2 is 2.00 bits per heavy atom. The molecule has 7 nitrogen and oxygen atoms in total. The molecule has 0 saturated carbocycles. The molecule has 31 heavy (non-hydrogen) atoms. The molecule has 0 atom stereocenters. The maximum atomic E-state index is 13.0. The highest BCUT2D eigenvalue weighted by Crippen LogP contribution is 2.40. The molecule has 2 aromatic carbocycles. The van der Waals surface area contributed by atoms with E-state index < -0.39 is 5.97 Å². The summed E-state index contributed by atoms with van der Waals surface area (Å²) in [5.41, 5.74) is 3.03. The van der Waals surface area contributed by atoms with Gasteiger partial charge in [0.2, 0.25) is 5.78 Å². The first-order valence-corrected chi connectivity index (χ1v) is 9.91. The number of carbonyl (C=O) groups excluding carboxylic acids is 2. The molecule has 0 saturated heterocycles. The lowest BCUT2D eigenvalue weighted by molar-refractivity contribution is -0.142. The summed E-state index contributed by atoms with van der Waals surface area (Å²) in [5.74, 6) is 1.20. The van der Waals surface area contributed by atoms with E-state index in [4.69, 9.17) is 14.2 Å². The van der Waals surface area contributed by atoms with E-state index in [1.165, 1.54) is 7.11 Å². The topological polar surface area (TPSA) is 76.0 Å². The van der Waals surface area contributed by atoms with Gasteiger partial charge in [-0.2, -0.15) is 0 Å². The van der Waals surface area contributed by atoms with Crippen LogP contribution in [0.5, 0.6) is 17.2 Å². The highest BCUT2D eigenvalue weighted by molar-refractivity contribution is 6.15. The van der Waals surface area contributed by atoms with E-state index in [1.807, 2.05) is 24.4 Å². The molecule has 0 bridgehead atoms. The van der Waals surface area contributed by atoms with Crippen LogP contribution in [0.4, 0.5) is 0 Å². The number of rotatable bonds is 6. The fraction of sp³-hybridized carbons (Fsp3) is 0.250. The maximum absolute atomic E-state index is 13.0. The maximum Gasteiger partial charge on any atom is 0.343 e. The van der Waals surface area contributed by atoms with Gasteiger partial charge in [0.05, 0.1) is 19.8 Å². The van der Waals surface area contributed by atoms with Crippen molar-refractivity contribution in [3.63, 3.8) is 0 Å². The summed E-state index contributed by atoms with van der Waals surface area (Å²) < 4.78 is 23.5. The third kappa shape index (κ3) is 3.63. The van der Waals surface area contributed by atoms with Crippen molar-refractivity contribution >= 4 is 28.7 Å². The molecule has 1 aliphatic rings. The number of hydrogen-bond acceptors (Lipinski definition) is 6. The van der Waals surface area contributed by atoms with Gasteiger partial charge in [0, 0.05) is 34.8 Å². The SMILES string of the molecule is CCn1cc(/C=C2\Oc3c(ccc(OCC(=O)OC)c3C)C2=O)c2cc(OC)ccc21. The van der Waals surface area contributed by atoms with Crippen LogP contribution in [0.2, 0.25) is 0 Å². The van der Waals surface area contributed by atoms with Crippen molar-refractivity contribution in [3.8, 4) is 17.2 Å². The summed E-state index contributed by atoms with van der Waals surface area (Å²) in [7, 11) is 2.92. The number of carbonyl (C=O) groups is 2. The molecule has 2 heterocycles. The number of esters is 1. The molecule has 0 unspecified atom stereocenters. The van der Waals surface area contributed by atoms with Crippen LogP contribution in [0.15, 0.2) is 42.3 Å². The molecular formula is C24H23NO6. The Labute approximate surface area is 179 Å². The molecule has 3 aromatic rings. The third-order valence-corrected chi connectivity index (χ3v) is 5.36. The zero-order valence-electron chi connectivity index (χ0n) is 17.9. The number of hydrogen-bond donors (Lipinski definition) is 0. The number of fused-ring (bicyclic) bond motifs is 2. The van der Waals surface area contributed by atoms with Gasteiger partial charge < -0.3 is 23.5 Å². The zero-order chi connectivity index (χ0) is 22.1. The van der Waals surface area contributed by atoms with Gasteiger partial charge in [0.25, 0.3) is 0 Å². The first kappa shape index (κ1) is 20.5. The standard InChI is InChI=1S/C24H23NO6/c1-5-25-12-15(18-11-16(28-3)6-8-19(18)25)10-21-23(27)17-7-9-20(14(2)24(17)31-21)30-13-22(26)29-4/h6-12H,5,13H2,1-4H3/b21-10-. The van der Waals surface area contributed by atoms with Crippen LogP contribution >= 0.6 is 0 Å². The van der Waals surface area contributed by atoms with E-state index in [0.29, 0.717) is 22.6 Å². The van der Waals surface area contributed by atoms with E-state index in [2.05, 4.69) is 16.2 Å². The van der Waals surface area contributed by atoms with E-state index in [9.17, 15) is 9.59 Å². The van der Waals surface area contributed by atoms with E-state index in [0.717, 1.165) is 28.8 Å². The van der Waals surface area contributed by atoms with Gasteiger partial charge >= 0.3 is 5.97 Å². The second-order valence-electron chi connectivity index (χ2n) is 7.12. The van der Waals surface area contributed by atoms with Gasteiger partial charge in [0.1, 0.15) is 17.2 Å². The number of benzene rings is 2. The Hall–Kier alpha value is -3.74. The average Bonchev–Trinajstić information content (AvgIpc) is 3.30. The minimum absolute atomic E-state index is 0.196. The van der Waals surface area contributed by atoms with Crippen molar-refractivity contribution < 1.29 is 28.5 Å². The van der Waals surface area contributed by atoms with Crippen molar-refractivity contribution in [3.05, 3.63) is 59.0 Å². The van der Waals surface area contributed by atoms with E-state index in [-0.39, 0.29) is 18.1 Å². The second kappa shape index (κ2) is 8.18. The highest BCUT2D eigenvalue weighted by Gasteiger charge is 2.30. The Kier molecular flexibility index (Phi) is 5.42. The molecule has 7 heteroatoms. The Morgan fingerprint density at radius 3 is 2.71 bits per heavy atom. The minimum atomic E-state index is -0.486. The molecular weight excluding hydrogens is 398 g/mol. The van der Waals surface area contributed by atoms with Crippen LogP contribution in [0.25, 0.3) is 17.0 Å². The highest BCUT2D eigenvalue weighted by atomic mass is 16.6. The number of nitrogens with zero attached hydrogens (tertiary/aromatic N) is 1. The zero-order valence-corrected chi connectivity index (χ0v) is 17.9. The van der Waals surface area contributed by atoms with Crippen LogP contribution < -0.4 is 14.2 Å². The summed E-state index contributed by atoms with van der Waals surface area (Å²) in [5, 5.41) is 0.972. The smallest absolute Gasteiger partial charge is 0.343 e. The molecule has 0 spiro atoms. The van der Waals surface area contributed by atoms with Crippen molar-refractivity contribution in [2.45, 2.75) is 20.4 Å². The Morgan fingerprint density at radius 1 is 1.19 bits per heavy atom. The molecule has 0 N–H and O–H groups in total. The van der Waals surface area contributed by atoms with Crippen LogP contribution in [0.1, 0.15) is 28.4 Å². The first-order chi connectivity index (χ1) is 15.0. The average molecular weight is 421 g/mol. The van der Waals surface area contributed by atoms with E-state index >= 15 is 0 Å². The molecule has 0 amide bonds. The van der Waals surface area contributed by atoms with Crippen molar-refractivity contribution in [1.29, 1.82) is 0 Å². The summed E-state index contributed by atoms with van der Waals surface area (Å²) >= 11 is 0. The number of allylic oxidation sites excluding steroid dienone is 1. The monoisotopic (exact) mass is 421 g/mol. The van der Waals surface area contributed by atoms with Gasteiger partial charge in [-0.05, 0) is 50.3 Å². The van der Waals surface area contributed by atoms with Crippen molar-refractivity contribution in [2.75, 3.05) is 20.8 Å². The fourth-order valence-electron chi connectivity index (χ4n) is 3.67. The van der Waals surface area contributed by atoms with Gasteiger partial charge in [0.15, 0.2) is 12.4 Å². The third-order valence-electron chi connectivity index (χ3n) is 5.36. The molecule has 1 aromatic heterocycles. The second-order valence-corrected chi connectivity index (χ2v) is 7.12. The largest absolute Gasteiger partial charge is 0.497 e. The number of aryl methyl sites for hydroxylation is 1. The van der Waals surface area contributed by atoms with Crippen LogP contribution in [0.3, 0.4) is 0 Å². The van der Waals surface area contributed by atoms with Gasteiger partial charge in [-0.3, -0.25) is 4.79 Å². The molecule has 4 rings (SSSR count). The van der Waals surface area contributed by atoms with Gasteiger partial charge in [-0.1, -0.05) is 0 Å². The van der Waals surface area contributed by atoms with Crippen molar-refractivity contribution in [2.24, 2.45) is 0 Å². The predicted molar refractivity (Wildman–Crippen MR) is 116 cm³/mol. The minimum Gasteiger partial charge on any atom is -0.497 e. The quantitative estimate of drug-likeness (QED) is 0.440. The summed E-state index contributed by atoms with van der Waals surface area (Å²) in [4.78, 5) is 24.3. The molecule has 0 fully saturated rings. The number of ether oxygens (including phenoxy) is 4. The fourth-order valence-corrected chi connectivity index (χ4v) is 3.67. The van der Waals surface area contributed by atoms with E-state index in [1.54, 1.807) is 32.2 Å². The summed E-state index contributed by atoms with van der Waals surface area (Å²) in [6, 6.07) is 9.18. The van der Waals surface area contributed by atoms with Crippen LogP contribution in [0, 0.1) is 6.92 Å². The first-order valence-electron chi connectivity index (χ1n) is 9.91. The van der Waals surface area contributed by atoms with Crippen molar-refractivity contribution in [1.82, 2.24) is 4.57 Å². The van der Waals surface area contributed by atoms with Gasteiger partial charge in [-0.15, -0.1) is 0 Å². The van der Waals surface area contributed by atoms with Crippen LogP contribution in [-0.2, 0) is 16.1 Å². The Balaban J connectivity index is 1.70.